The molecule has 1 heterocycles. The number of halogens is 1. The van der Waals surface area contributed by atoms with Crippen LogP contribution in [0.2, 0.25) is 5.02 Å². The van der Waals surface area contributed by atoms with Crippen LogP contribution in [-0.2, 0) is 9.84 Å². The summed E-state index contributed by atoms with van der Waals surface area (Å²) in [6, 6.07) is 15.0. The first-order valence-electron chi connectivity index (χ1n) is 9.80. The number of nitrogens with zero attached hydrogens (tertiary/aromatic N) is 1. The van der Waals surface area contributed by atoms with Gasteiger partial charge in [-0.1, -0.05) is 48.3 Å². The Bertz CT molecular complexity index is 1010. The smallest absolute Gasteiger partial charge is 0.175 e. The van der Waals surface area contributed by atoms with Crippen LogP contribution >= 0.6 is 23.4 Å². The van der Waals surface area contributed by atoms with Crippen molar-refractivity contribution in [1.82, 2.24) is 10.2 Å². The molecule has 0 aromatic heterocycles. The van der Waals surface area contributed by atoms with Crippen molar-refractivity contribution in [3.63, 3.8) is 0 Å². The first-order chi connectivity index (χ1) is 13.8. The SMILES string of the molecule is CN1C(c2ccc(S(C)(=O)=O)cc2)=C(Sc2ccc(Cl)cc2)NC1C1CCCC1. The normalized spacial score (nSPS) is 20.4. The molecule has 0 amide bonds. The van der Waals surface area contributed by atoms with E-state index in [0.29, 0.717) is 10.8 Å². The molecule has 1 atom stereocenters. The number of sulfone groups is 1. The number of benzene rings is 2. The summed E-state index contributed by atoms with van der Waals surface area (Å²) in [6.45, 7) is 0. The summed E-state index contributed by atoms with van der Waals surface area (Å²) in [5.41, 5.74) is 2.13. The molecule has 4 nitrogen and oxygen atoms in total. The van der Waals surface area contributed by atoms with E-state index in [9.17, 15) is 8.42 Å². The monoisotopic (exact) mass is 448 g/mol. The van der Waals surface area contributed by atoms with E-state index >= 15 is 0 Å². The van der Waals surface area contributed by atoms with Crippen LogP contribution in [0.3, 0.4) is 0 Å². The van der Waals surface area contributed by atoms with E-state index in [1.807, 2.05) is 36.4 Å². The van der Waals surface area contributed by atoms with Crippen molar-refractivity contribution in [1.29, 1.82) is 0 Å². The van der Waals surface area contributed by atoms with E-state index in [4.69, 9.17) is 11.6 Å². The molecule has 0 radical (unpaired) electrons. The van der Waals surface area contributed by atoms with Crippen molar-refractivity contribution < 1.29 is 8.42 Å². The van der Waals surface area contributed by atoms with Gasteiger partial charge in [0.2, 0.25) is 0 Å². The predicted molar refractivity (Wildman–Crippen MR) is 120 cm³/mol. The minimum absolute atomic E-state index is 0.261. The Kier molecular flexibility index (Phi) is 5.87. The van der Waals surface area contributed by atoms with E-state index in [0.717, 1.165) is 26.2 Å². The highest BCUT2D eigenvalue weighted by Crippen LogP contribution is 2.42. The number of rotatable bonds is 5. The molecule has 0 saturated heterocycles. The summed E-state index contributed by atoms with van der Waals surface area (Å²) in [4.78, 5) is 3.78. The average molecular weight is 449 g/mol. The Morgan fingerprint density at radius 1 is 1.03 bits per heavy atom. The van der Waals surface area contributed by atoms with Crippen LogP contribution in [0.4, 0.5) is 0 Å². The zero-order valence-corrected chi connectivity index (χ0v) is 18.9. The van der Waals surface area contributed by atoms with Crippen LogP contribution < -0.4 is 5.32 Å². The van der Waals surface area contributed by atoms with Crippen LogP contribution in [0, 0.1) is 5.92 Å². The summed E-state index contributed by atoms with van der Waals surface area (Å²) in [5, 5.41) is 5.58. The summed E-state index contributed by atoms with van der Waals surface area (Å²) in [6.07, 6.45) is 6.55. The van der Waals surface area contributed by atoms with Gasteiger partial charge in [0.25, 0.3) is 0 Å². The molecule has 0 spiro atoms. The van der Waals surface area contributed by atoms with Gasteiger partial charge >= 0.3 is 0 Å². The van der Waals surface area contributed by atoms with Gasteiger partial charge in [0.05, 0.1) is 15.6 Å². The molecular weight excluding hydrogens is 424 g/mol. The van der Waals surface area contributed by atoms with E-state index in [-0.39, 0.29) is 6.17 Å². The molecular formula is C22H25ClN2O2S2. The molecule has 2 aromatic rings. The lowest BCUT2D eigenvalue weighted by molar-refractivity contribution is 0.243. The molecule has 2 aromatic carbocycles. The van der Waals surface area contributed by atoms with Gasteiger partial charge in [0.1, 0.15) is 6.17 Å². The molecule has 1 aliphatic carbocycles. The van der Waals surface area contributed by atoms with Gasteiger partial charge in [-0.2, -0.15) is 0 Å². The second kappa shape index (κ2) is 8.25. The molecule has 0 bridgehead atoms. The van der Waals surface area contributed by atoms with E-state index in [1.54, 1.807) is 23.9 Å². The van der Waals surface area contributed by atoms with Gasteiger partial charge in [-0.15, -0.1) is 0 Å². The van der Waals surface area contributed by atoms with Crippen molar-refractivity contribution in [2.75, 3.05) is 13.3 Å². The van der Waals surface area contributed by atoms with Gasteiger partial charge in [0.15, 0.2) is 9.84 Å². The molecule has 7 heteroatoms. The van der Waals surface area contributed by atoms with Crippen LogP contribution in [0.25, 0.3) is 5.70 Å². The Balaban J connectivity index is 1.69. The molecule has 154 valence electrons. The maximum absolute atomic E-state index is 11.8. The standard InChI is InChI=1S/C22H25ClN2O2S2/c1-25-20(15-7-13-19(14-8-15)29(2,26)27)22(24-21(25)16-5-3-4-6-16)28-18-11-9-17(23)10-12-18/h7-14,16,21,24H,3-6H2,1-2H3. The lowest BCUT2D eigenvalue weighted by Gasteiger charge is -2.29. The van der Waals surface area contributed by atoms with Crippen molar-refractivity contribution in [3.8, 4) is 0 Å². The molecule has 4 rings (SSSR count). The Morgan fingerprint density at radius 3 is 2.24 bits per heavy atom. The highest BCUT2D eigenvalue weighted by atomic mass is 35.5. The maximum atomic E-state index is 11.8. The number of hydrogen-bond acceptors (Lipinski definition) is 5. The van der Waals surface area contributed by atoms with Gasteiger partial charge in [-0.25, -0.2) is 8.42 Å². The second-order valence-electron chi connectivity index (χ2n) is 7.77. The van der Waals surface area contributed by atoms with Crippen molar-refractivity contribution in [3.05, 3.63) is 64.1 Å². The Labute approximate surface area is 182 Å². The minimum Gasteiger partial charge on any atom is -0.358 e. The van der Waals surface area contributed by atoms with Crippen molar-refractivity contribution in [2.45, 2.75) is 41.6 Å². The fraction of sp³-hybridized carbons (Fsp3) is 0.364. The van der Waals surface area contributed by atoms with Gasteiger partial charge in [-0.3, -0.25) is 0 Å². The number of thioether (sulfide) groups is 1. The average Bonchev–Trinajstić information content (AvgIpc) is 3.31. The molecule has 2 aliphatic rings. The summed E-state index contributed by atoms with van der Waals surface area (Å²) >= 11 is 7.73. The molecule has 1 aliphatic heterocycles. The van der Waals surface area contributed by atoms with Crippen LogP contribution in [0.5, 0.6) is 0 Å². The first kappa shape index (κ1) is 20.6. The Hall–Kier alpha value is -1.63. The quantitative estimate of drug-likeness (QED) is 0.680. The van der Waals surface area contributed by atoms with Crippen LogP contribution in [0.1, 0.15) is 31.2 Å². The van der Waals surface area contributed by atoms with Crippen molar-refractivity contribution in [2.24, 2.45) is 5.92 Å². The lowest BCUT2D eigenvalue weighted by Crippen LogP contribution is -2.40. The number of nitrogens with one attached hydrogen (secondary N) is 1. The topological polar surface area (TPSA) is 49.4 Å². The molecule has 1 fully saturated rings. The third kappa shape index (κ3) is 4.44. The highest BCUT2D eigenvalue weighted by molar-refractivity contribution is 8.03. The fourth-order valence-corrected chi connectivity index (χ4v) is 6.00. The van der Waals surface area contributed by atoms with Crippen LogP contribution in [-0.4, -0.2) is 32.8 Å². The fourth-order valence-electron chi connectivity index (χ4n) is 4.20. The second-order valence-corrected chi connectivity index (χ2v) is 11.3. The highest BCUT2D eigenvalue weighted by Gasteiger charge is 2.36. The zero-order chi connectivity index (χ0) is 20.6. The Morgan fingerprint density at radius 2 is 1.66 bits per heavy atom. The first-order valence-corrected chi connectivity index (χ1v) is 12.9. The van der Waals surface area contributed by atoms with Crippen LogP contribution in [0.15, 0.2) is 63.4 Å². The van der Waals surface area contributed by atoms with Gasteiger partial charge < -0.3 is 10.2 Å². The lowest BCUT2D eigenvalue weighted by atomic mass is 10.0. The third-order valence-corrected chi connectivity index (χ3v) is 8.10. The third-order valence-electron chi connectivity index (χ3n) is 5.70. The van der Waals surface area contributed by atoms with E-state index in [1.165, 1.54) is 31.9 Å². The van der Waals surface area contributed by atoms with E-state index in [2.05, 4.69) is 17.3 Å². The molecule has 1 unspecified atom stereocenters. The summed E-state index contributed by atoms with van der Waals surface area (Å²) < 4.78 is 23.7. The molecule has 29 heavy (non-hydrogen) atoms. The van der Waals surface area contributed by atoms with Crippen molar-refractivity contribution >= 4 is 38.9 Å². The van der Waals surface area contributed by atoms with E-state index < -0.39 is 9.84 Å². The zero-order valence-electron chi connectivity index (χ0n) is 16.6. The van der Waals surface area contributed by atoms with Gasteiger partial charge in [-0.05, 0) is 55.2 Å². The number of hydrogen-bond donors (Lipinski definition) is 1. The van der Waals surface area contributed by atoms with Gasteiger partial charge in [0, 0.05) is 28.8 Å². The molecule has 1 N–H and O–H groups in total. The predicted octanol–water partition coefficient (Wildman–Crippen LogP) is 5.21. The maximum Gasteiger partial charge on any atom is 0.175 e. The molecule has 1 saturated carbocycles. The summed E-state index contributed by atoms with van der Waals surface area (Å²) in [7, 11) is -1.08. The summed E-state index contributed by atoms with van der Waals surface area (Å²) in [5.74, 6) is 0.619. The minimum atomic E-state index is -3.21. The largest absolute Gasteiger partial charge is 0.358 e.